The van der Waals surface area contributed by atoms with Gasteiger partial charge in [-0.1, -0.05) is 0 Å². The van der Waals surface area contributed by atoms with Crippen LogP contribution in [0.25, 0.3) is 0 Å². The third kappa shape index (κ3) is 3.30. The van der Waals surface area contributed by atoms with Crippen molar-refractivity contribution in [1.82, 2.24) is 9.80 Å². The summed E-state index contributed by atoms with van der Waals surface area (Å²) in [5.74, 6) is 5.09. The monoisotopic (exact) mass is 187 g/mol. The lowest BCUT2D eigenvalue weighted by molar-refractivity contribution is -0.134. The Morgan fingerprint density at radius 2 is 2.31 bits per heavy atom. The van der Waals surface area contributed by atoms with Crippen molar-refractivity contribution in [3.8, 4) is 0 Å². The van der Waals surface area contributed by atoms with Crippen LogP contribution in [0.4, 0.5) is 0 Å². The summed E-state index contributed by atoms with van der Waals surface area (Å²) in [7, 11) is 1.84. The van der Waals surface area contributed by atoms with Crippen LogP contribution in [0.5, 0.6) is 0 Å². The highest BCUT2D eigenvalue weighted by Gasteiger charge is 2.19. The fraction of sp³-hybridized carbons (Fsp3) is 0.875. The summed E-state index contributed by atoms with van der Waals surface area (Å²) in [5, 5.41) is 0. The van der Waals surface area contributed by atoms with Gasteiger partial charge in [-0.15, -0.1) is 0 Å². The average molecular weight is 187 g/mol. The second-order valence-corrected chi connectivity index (χ2v) is 3.32. The number of hydrogen-bond acceptors (Lipinski definition) is 4. The minimum absolute atomic E-state index is 0.194. The quantitative estimate of drug-likeness (QED) is 0.455. The molecular weight excluding hydrogens is 170 g/mol. The van der Waals surface area contributed by atoms with Gasteiger partial charge in [0.2, 0.25) is 5.91 Å². The van der Waals surface area contributed by atoms with Crippen molar-refractivity contribution in [2.45, 2.75) is 6.42 Å². The second-order valence-electron chi connectivity index (χ2n) is 3.32. The zero-order valence-electron chi connectivity index (χ0n) is 8.03. The van der Waals surface area contributed by atoms with E-state index in [-0.39, 0.29) is 5.91 Å². The maximum absolute atomic E-state index is 11.3. The predicted molar refractivity (Wildman–Crippen MR) is 48.8 cm³/mol. The lowest BCUT2D eigenvalue weighted by atomic mass is 10.3. The molecule has 0 aromatic rings. The number of amides is 1. The van der Waals surface area contributed by atoms with E-state index in [9.17, 15) is 4.79 Å². The molecule has 1 fully saturated rings. The maximum atomic E-state index is 11.3. The van der Waals surface area contributed by atoms with Gasteiger partial charge in [0.25, 0.3) is 0 Å². The van der Waals surface area contributed by atoms with Crippen molar-refractivity contribution in [3.63, 3.8) is 0 Å². The number of likely N-dealkylation sites (N-methyl/N-ethyl adjacent to an activating group) is 1. The Labute approximate surface area is 78.4 Å². The Morgan fingerprint density at radius 3 is 2.92 bits per heavy atom. The van der Waals surface area contributed by atoms with Gasteiger partial charge < -0.3 is 9.74 Å². The summed E-state index contributed by atoms with van der Waals surface area (Å²) in [4.78, 5) is 19.6. The molecule has 1 saturated heterocycles. The number of hydrogen-bond donors (Lipinski definition) is 1. The highest BCUT2D eigenvalue weighted by molar-refractivity contribution is 5.78. The van der Waals surface area contributed by atoms with E-state index >= 15 is 0 Å². The fourth-order valence-electron chi connectivity index (χ4n) is 1.37. The highest BCUT2D eigenvalue weighted by atomic mass is 16.6. The Hall–Kier alpha value is -0.650. The molecule has 0 bridgehead atoms. The van der Waals surface area contributed by atoms with Crippen molar-refractivity contribution in [3.05, 3.63) is 0 Å². The van der Waals surface area contributed by atoms with E-state index in [4.69, 9.17) is 5.90 Å². The molecule has 1 aliphatic heterocycles. The van der Waals surface area contributed by atoms with Crippen LogP contribution in [0.3, 0.4) is 0 Å². The Balaban J connectivity index is 2.18. The van der Waals surface area contributed by atoms with Crippen LogP contribution in [-0.4, -0.2) is 55.5 Å². The van der Waals surface area contributed by atoms with Gasteiger partial charge in [0.05, 0.1) is 13.2 Å². The van der Waals surface area contributed by atoms with E-state index in [0.717, 1.165) is 26.1 Å². The molecule has 0 aliphatic carbocycles. The Morgan fingerprint density at radius 1 is 1.54 bits per heavy atom. The topological polar surface area (TPSA) is 58.8 Å². The van der Waals surface area contributed by atoms with Crippen molar-refractivity contribution >= 4 is 5.91 Å². The standard InChI is InChI=1S/C8H17N3O2/c1-10-4-5-11(7-8(10)12)3-2-6-13-9/h2-7,9H2,1H3. The lowest BCUT2D eigenvalue weighted by Crippen LogP contribution is -2.48. The molecule has 0 aromatic carbocycles. The molecule has 76 valence electrons. The molecular formula is C8H17N3O2. The van der Waals surface area contributed by atoms with Crippen LogP contribution in [0, 0.1) is 0 Å². The van der Waals surface area contributed by atoms with E-state index in [1.54, 1.807) is 4.90 Å². The van der Waals surface area contributed by atoms with Gasteiger partial charge in [-0.25, -0.2) is 5.90 Å². The van der Waals surface area contributed by atoms with Crippen LogP contribution in [0.1, 0.15) is 6.42 Å². The summed E-state index contributed by atoms with van der Waals surface area (Å²) < 4.78 is 0. The average Bonchev–Trinajstić information content (AvgIpc) is 2.12. The van der Waals surface area contributed by atoms with E-state index in [2.05, 4.69) is 9.74 Å². The first-order valence-electron chi connectivity index (χ1n) is 4.52. The number of carbonyl (C=O) groups is 1. The molecule has 13 heavy (non-hydrogen) atoms. The van der Waals surface area contributed by atoms with E-state index in [1.165, 1.54) is 0 Å². The normalized spacial score (nSPS) is 19.5. The number of carbonyl (C=O) groups excluding carboxylic acids is 1. The zero-order chi connectivity index (χ0) is 9.68. The molecule has 0 atom stereocenters. The van der Waals surface area contributed by atoms with Gasteiger partial charge >= 0.3 is 0 Å². The van der Waals surface area contributed by atoms with Crippen LogP contribution in [-0.2, 0) is 9.63 Å². The number of rotatable bonds is 4. The van der Waals surface area contributed by atoms with Crippen LogP contribution in [0.15, 0.2) is 0 Å². The summed E-state index contributed by atoms with van der Waals surface area (Å²) in [6.45, 7) is 3.74. The summed E-state index contributed by atoms with van der Waals surface area (Å²) in [6, 6.07) is 0. The van der Waals surface area contributed by atoms with Gasteiger partial charge in [0.15, 0.2) is 0 Å². The molecule has 2 N–H and O–H groups in total. The van der Waals surface area contributed by atoms with Gasteiger partial charge in [-0.3, -0.25) is 9.69 Å². The summed E-state index contributed by atoms with van der Waals surface area (Å²) in [5.41, 5.74) is 0. The van der Waals surface area contributed by atoms with Crippen molar-refractivity contribution < 1.29 is 9.63 Å². The molecule has 1 heterocycles. The SMILES string of the molecule is CN1CCN(CCCON)CC1=O. The molecule has 1 rings (SSSR count). The van der Waals surface area contributed by atoms with Crippen LogP contribution >= 0.6 is 0 Å². The third-order valence-corrected chi connectivity index (χ3v) is 2.27. The summed E-state index contributed by atoms with van der Waals surface area (Å²) >= 11 is 0. The molecule has 0 spiro atoms. The Kier molecular flexibility index (Phi) is 4.14. The lowest BCUT2D eigenvalue weighted by Gasteiger charge is -2.31. The van der Waals surface area contributed by atoms with Crippen molar-refractivity contribution in [1.29, 1.82) is 0 Å². The molecule has 0 unspecified atom stereocenters. The highest BCUT2D eigenvalue weighted by Crippen LogP contribution is 2.01. The number of nitrogens with zero attached hydrogens (tertiary/aromatic N) is 2. The van der Waals surface area contributed by atoms with Crippen LogP contribution in [0.2, 0.25) is 0 Å². The molecule has 1 aliphatic rings. The van der Waals surface area contributed by atoms with Gasteiger partial charge in [-0.05, 0) is 6.42 Å². The van der Waals surface area contributed by atoms with Crippen molar-refractivity contribution in [2.75, 3.05) is 39.8 Å². The van der Waals surface area contributed by atoms with Crippen LogP contribution < -0.4 is 5.90 Å². The van der Waals surface area contributed by atoms with E-state index in [0.29, 0.717) is 13.2 Å². The maximum Gasteiger partial charge on any atom is 0.236 e. The first-order chi connectivity index (χ1) is 6.24. The van der Waals surface area contributed by atoms with Crippen molar-refractivity contribution in [2.24, 2.45) is 5.90 Å². The molecule has 0 aromatic heterocycles. The van der Waals surface area contributed by atoms with Gasteiger partial charge in [0, 0.05) is 26.7 Å². The first kappa shape index (κ1) is 10.4. The minimum atomic E-state index is 0.194. The second kappa shape index (κ2) is 5.16. The minimum Gasteiger partial charge on any atom is -0.343 e. The van der Waals surface area contributed by atoms with Gasteiger partial charge in [-0.2, -0.15) is 0 Å². The molecule has 0 saturated carbocycles. The fourth-order valence-corrected chi connectivity index (χ4v) is 1.37. The van der Waals surface area contributed by atoms with E-state index in [1.807, 2.05) is 7.05 Å². The number of piperazine rings is 1. The third-order valence-electron chi connectivity index (χ3n) is 2.27. The smallest absolute Gasteiger partial charge is 0.236 e. The molecule has 1 amide bonds. The first-order valence-corrected chi connectivity index (χ1v) is 4.52. The Bertz CT molecular complexity index is 175. The van der Waals surface area contributed by atoms with Gasteiger partial charge in [0.1, 0.15) is 0 Å². The zero-order valence-corrected chi connectivity index (χ0v) is 8.03. The number of nitrogens with two attached hydrogens (primary N) is 1. The molecule has 5 nitrogen and oxygen atoms in total. The summed E-state index contributed by atoms with van der Waals surface area (Å²) in [6.07, 6.45) is 0.882. The molecule has 0 radical (unpaired) electrons. The largest absolute Gasteiger partial charge is 0.343 e. The molecule has 5 heteroatoms. The van der Waals surface area contributed by atoms with E-state index < -0.39 is 0 Å². The predicted octanol–water partition coefficient (Wildman–Crippen LogP) is -0.959.